The fourth-order valence-electron chi connectivity index (χ4n) is 4.74. The predicted octanol–water partition coefficient (Wildman–Crippen LogP) is 1.37. The highest BCUT2D eigenvalue weighted by Crippen LogP contribution is 2.44. The van der Waals surface area contributed by atoms with E-state index >= 15 is 0 Å². The fraction of sp³-hybridized carbons (Fsp3) is 0.632. The Labute approximate surface area is 147 Å². The first-order valence-electron chi connectivity index (χ1n) is 9.02. The fourth-order valence-corrected chi connectivity index (χ4v) is 4.74. The lowest BCUT2D eigenvalue weighted by molar-refractivity contribution is -0.221. The third kappa shape index (κ3) is 3.08. The van der Waals surface area contributed by atoms with Gasteiger partial charge in [0, 0.05) is 50.6 Å². The SMILES string of the molecule is O=C(O)c1ccc(CN2C[C@H]3COCC[C@@]3(O)[C@@H]3COCC[C@@H]32)cc1. The Morgan fingerprint density at radius 3 is 2.72 bits per heavy atom. The zero-order chi connectivity index (χ0) is 17.4. The first-order chi connectivity index (χ1) is 12.1. The number of piperidine rings is 1. The largest absolute Gasteiger partial charge is 0.478 e. The van der Waals surface area contributed by atoms with Gasteiger partial charge in [-0.25, -0.2) is 4.79 Å². The minimum atomic E-state index is -0.904. The molecule has 2 N–H and O–H groups in total. The van der Waals surface area contributed by atoms with Gasteiger partial charge in [-0.1, -0.05) is 12.1 Å². The zero-order valence-corrected chi connectivity index (χ0v) is 14.3. The molecule has 3 fully saturated rings. The standard InChI is InChI=1S/C19H25NO5/c21-18(22)14-3-1-13(2-4-14)9-20-10-15-11-25-8-6-19(15,23)16-12-24-7-5-17(16)20/h1-4,15-17,23H,5-12H2,(H,21,22)/t15-,16+,17-,19-/m0/s1. The molecule has 0 spiro atoms. The van der Waals surface area contributed by atoms with E-state index in [1.54, 1.807) is 12.1 Å². The van der Waals surface area contributed by atoms with Crippen molar-refractivity contribution in [1.82, 2.24) is 4.90 Å². The molecule has 4 rings (SSSR count). The van der Waals surface area contributed by atoms with E-state index in [9.17, 15) is 9.90 Å². The number of hydrogen-bond acceptors (Lipinski definition) is 5. The van der Waals surface area contributed by atoms with Gasteiger partial charge in [-0.2, -0.15) is 0 Å². The summed E-state index contributed by atoms with van der Waals surface area (Å²) in [4.78, 5) is 13.4. The molecule has 0 amide bonds. The first-order valence-corrected chi connectivity index (χ1v) is 9.02. The summed E-state index contributed by atoms with van der Waals surface area (Å²) in [6.45, 7) is 4.10. The number of carboxylic acids is 1. The van der Waals surface area contributed by atoms with Crippen molar-refractivity contribution in [2.45, 2.75) is 31.0 Å². The summed E-state index contributed by atoms with van der Waals surface area (Å²) in [5.74, 6) is -0.692. The molecule has 0 aromatic heterocycles. The van der Waals surface area contributed by atoms with E-state index in [2.05, 4.69) is 4.90 Å². The number of fused-ring (bicyclic) bond motifs is 3. The van der Waals surface area contributed by atoms with Crippen LogP contribution in [0.5, 0.6) is 0 Å². The van der Waals surface area contributed by atoms with Crippen LogP contribution >= 0.6 is 0 Å². The molecule has 3 aliphatic rings. The Bertz CT molecular complexity index is 633. The van der Waals surface area contributed by atoms with Crippen molar-refractivity contribution in [2.75, 3.05) is 33.0 Å². The summed E-state index contributed by atoms with van der Waals surface area (Å²) in [6, 6.07) is 7.38. The summed E-state index contributed by atoms with van der Waals surface area (Å²) in [5, 5.41) is 20.4. The van der Waals surface area contributed by atoms with Gasteiger partial charge in [0.2, 0.25) is 0 Å². The van der Waals surface area contributed by atoms with E-state index in [4.69, 9.17) is 14.6 Å². The highest BCUT2D eigenvalue weighted by Gasteiger charge is 2.55. The minimum Gasteiger partial charge on any atom is -0.478 e. The molecular weight excluding hydrogens is 322 g/mol. The lowest BCUT2D eigenvalue weighted by Crippen LogP contribution is -2.67. The van der Waals surface area contributed by atoms with Gasteiger partial charge in [0.25, 0.3) is 0 Å². The Kier molecular flexibility index (Phi) is 4.54. The predicted molar refractivity (Wildman–Crippen MR) is 90.4 cm³/mol. The van der Waals surface area contributed by atoms with Crippen LogP contribution in [-0.2, 0) is 16.0 Å². The Morgan fingerprint density at radius 2 is 1.96 bits per heavy atom. The second-order valence-electron chi connectivity index (χ2n) is 7.48. The van der Waals surface area contributed by atoms with Gasteiger partial charge in [-0.3, -0.25) is 4.90 Å². The molecule has 0 saturated carbocycles. The van der Waals surface area contributed by atoms with Gasteiger partial charge in [-0.05, 0) is 24.1 Å². The number of carboxylic acid groups (broad SMARTS) is 1. The van der Waals surface area contributed by atoms with E-state index < -0.39 is 11.6 Å². The minimum absolute atomic E-state index is 0.0995. The number of ether oxygens (including phenoxy) is 2. The zero-order valence-electron chi connectivity index (χ0n) is 14.3. The number of aromatic carboxylic acids is 1. The van der Waals surface area contributed by atoms with E-state index in [1.807, 2.05) is 12.1 Å². The van der Waals surface area contributed by atoms with Crippen molar-refractivity contribution in [1.29, 1.82) is 0 Å². The molecule has 136 valence electrons. The smallest absolute Gasteiger partial charge is 0.335 e. The number of hydrogen-bond donors (Lipinski definition) is 2. The highest BCUT2D eigenvalue weighted by atomic mass is 16.5. The van der Waals surface area contributed by atoms with Crippen LogP contribution in [0.2, 0.25) is 0 Å². The Hall–Kier alpha value is -1.47. The monoisotopic (exact) mass is 347 g/mol. The molecule has 3 aliphatic heterocycles. The van der Waals surface area contributed by atoms with Crippen molar-refractivity contribution in [3.63, 3.8) is 0 Å². The van der Waals surface area contributed by atoms with E-state index in [0.717, 1.165) is 31.7 Å². The van der Waals surface area contributed by atoms with Crippen LogP contribution in [0.1, 0.15) is 28.8 Å². The van der Waals surface area contributed by atoms with Crippen LogP contribution in [0.25, 0.3) is 0 Å². The van der Waals surface area contributed by atoms with Crippen LogP contribution in [0.3, 0.4) is 0 Å². The number of nitrogens with zero attached hydrogens (tertiary/aromatic N) is 1. The topological polar surface area (TPSA) is 79.2 Å². The van der Waals surface area contributed by atoms with Crippen molar-refractivity contribution >= 4 is 5.97 Å². The summed E-state index contributed by atoms with van der Waals surface area (Å²) in [5.41, 5.74) is 0.714. The number of benzene rings is 1. The molecule has 0 bridgehead atoms. The molecule has 3 heterocycles. The highest BCUT2D eigenvalue weighted by molar-refractivity contribution is 5.87. The number of rotatable bonds is 3. The summed E-state index contributed by atoms with van der Waals surface area (Å²) >= 11 is 0. The third-order valence-electron chi connectivity index (χ3n) is 6.15. The second kappa shape index (κ2) is 6.68. The Balaban J connectivity index is 1.55. The summed E-state index contributed by atoms with van der Waals surface area (Å²) in [6.07, 6.45) is 1.61. The average Bonchev–Trinajstić information content (AvgIpc) is 2.63. The van der Waals surface area contributed by atoms with Gasteiger partial charge < -0.3 is 19.7 Å². The molecule has 0 unspecified atom stereocenters. The molecule has 0 aliphatic carbocycles. The maximum absolute atomic E-state index is 11.3. The third-order valence-corrected chi connectivity index (χ3v) is 6.15. The molecule has 1 aromatic rings. The first kappa shape index (κ1) is 17.0. The Morgan fingerprint density at radius 1 is 1.20 bits per heavy atom. The van der Waals surface area contributed by atoms with Gasteiger partial charge in [0.1, 0.15) is 0 Å². The van der Waals surface area contributed by atoms with Gasteiger partial charge in [0.05, 0.1) is 24.4 Å². The van der Waals surface area contributed by atoms with Crippen molar-refractivity contribution < 1.29 is 24.5 Å². The quantitative estimate of drug-likeness (QED) is 0.860. The molecule has 1 aromatic carbocycles. The van der Waals surface area contributed by atoms with E-state index in [0.29, 0.717) is 37.8 Å². The van der Waals surface area contributed by atoms with Gasteiger partial charge >= 0.3 is 5.97 Å². The molecule has 6 nitrogen and oxygen atoms in total. The second-order valence-corrected chi connectivity index (χ2v) is 7.48. The van der Waals surface area contributed by atoms with E-state index in [-0.39, 0.29) is 11.8 Å². The maximum Gasteiger partial charge on any atom is 0.335 e. The normalized spacial score (nSPS) is 35.6. The number of aliphatic hydroxyl groups is 1. The molecule has 0 radical (unpaired) electrons. The number of carbonyl (C=O) groups is 1. The summed E-state index contributed by atoms with van der Waals surface area (Å²) in [7, 11) is 0. The van der Waals surface area contributed by atoms with Crippen molar-refractivity contribution in [2.24, 2.45) is 11.8 Å². The molecule has 4 atom stereocenters. The van der Waals surface area contributed by atoms with Crippen LogP contribution in [0.15, 0.2) is 24.3 Å². The van der Waals surface area contributed by atoms with Gasteiger partial charge in [0.15, 0.2) is 0 Å². The van der Waals surface area contributed by atoms with Crippen LogP contribution in [-0.4, -0.2) is 65.7 Å². The molecule has 3 saturated heterocycles. The lowest BCUT2D eigenvalue weighted by atomic mass is 9.66. The lowest BCUT2D eigenvalue weighted by Gasteiger charge is -2.57. The average molecular weight is 347 g/mol. The molecular formula is C19H25NO5. The van der Waals surface area contributed by atoms with Crippen molar-refractivity contribution in [3.8, 4) is 0 Å². The molecule has 6 heteroatoms. The maximum atomic E-state index is 11.3. The van der Waals surface area contributed by atoms with Crippen molar-refractivity contribution in [3.05, 3.63) is 35.4 Å². The van der Waals surface area contributed by atoms with Crippen LogP contribution in [0.4, 0.5) is 0 Å². The number of likely N-dealkylation sites (tertiary alicyclic amines) is 1. The van der Waals surface area contributed by atoms with Crippen LogP contribution < -0.4 is 0 Å². The summed E-state index contributed by atoms with van der Waals surface area (Å²) < 4.78 is 11.3. The van der Waals surface area contributed by atoms with E-state index in [1.165, 1.54) is 0 Å². The van der Waals surface area contributed by atoms with Crippen LogP contribution in [0, 0.1) is 11.8 Å². The van der Waals surface area contributed by atoms with Gasteiger partial charge in [-0.15, -0.1) is 0 Å². The molecule has 25 heavy (non-hydrogen) atoms.